The zero-order valence-corrected chi connectivity index (χ0v) is 16.5. The van der Waals surface area contributed by atoms with Crippen LogP contribution in [0.3, 0.4) is 0 Å². The molecule has 1 N–H and O–H groups in total. The van der Waals surface area contributed by atoms with Crippen LogP contribution in [0, 0.1) is 0 Å². The van der Waals surface area contributed by atoms with E-state index in [-0.39, 0.29) is 5.91 Å². The first-order valence-corrected chi connectivity index (χ1v) is 9.98. The van der Waals surface area contributed by atoms with Gasteiger partial charge in [-0.2, -0.15) is 0 Å². The van der Waals surface area contributed by atoms with Gasteiger partial charge < -0.3 is 19.0 Å². The van der Waals surface area contributed by atoms with Crippen LogP contribution in [0.25, 0.3) is 11.1 Å². The van der Waals surface area contributed by atoms with Crippen molar-refractivity contribution in [2.75, 3.05) is 39.4 Å². The Labute approximate surface area is 169 Å². The molecule has 28 heavy (non-hydrogen) atoms. The molecule has 0 spiro atoms. The third kappa shape index (κ3) is 4.24. The molecule has 0 aliphatic carbocycles. The first-order valence-electron chi connectivity index (χ1n) is 9.61. The number of hydrogen-bond acceptors (Lipinski definition) is 4. The number of morpholine rings is 1. The van der Waals surface area contributed by atoms with Gasteiger partial charge >= 0.3 is 0 Å². The van der Waals surface area contributed by atoms with Crippen LogP contribution in [0.5, 0.6) is 0 Å². The highest BCUT2D eigenvalue weighted by molar-refractivity contribution is 6.31. The Kier molecular flexibility index (Phi) is 6.00. The van der Waals surface area contributed by atoms with Gasteiger partial charge in [0.2, 0.25) is 0 Å². The second kappa shape index (κ2) is 8.82. The summed E-state index contributed by atoms with van der Waals surface area (Å²) in [6, 6.07) is 11.3. The van der Waals surface area contributed by atoms with E-state index in [2.05, 4.69) is 10.2 Å². The summed E-state index contributed by atoms with van der Waals surface area (Å²) in [6.45, 7) is 5.62. The molecular formula is C21H24ClN3O3. The second-order valence-electron chi connectivity index (χ2n) is 6.94. The van der Waals surface area contributed by atoms with E-state index in [1.165, 1.54) is 0 Å². The summed E-state index contributed by atoms with van der Waals surface area (Å²) in [4.78, 5) is 15.2. The van der Waals surface area contributed by atoms with Gasteiger partial charge in [0, 0.05) is 43.3 Å². The van der Waals surface area contributed by atoms with Crippen molar-refractivity contribution in [3.8, 4) is 0 Å². The molecule has 148 valence electrons. The van der Waals surface area contributed by atoms with Crippen molar-refractivity contribution in [2.24, 2.45) is 0 Å². The summed E-state index contributed by atoms with van der Waals surface area (Å²) in [5.74, 6) is -0.0968. The molecule has 1 aliphatic heterocycles. The molecule has 1 aromatic carbocycles. The van der Waals surface area contributed by atoms with Crippen molar-refractivity contribution < 1.29 is 13.9 Å². The summed E-state index contributed by atoms with van der Waals surface area (Å²) in [7, 11) is 0. The number of hydrogen-bond donors (Lipinski definition) is 1. The molecule has 7 heteroatoms. The molecule has 2 aromatic heterocycles. The number of benzene rings is 1. The van der Waals surface area contributed by atoms with Crippen LogP contribution in [0.4, 0.5) is 0 Å². The van der Waals surface area contributed by atoms with Crippen molar-refractivity contribution in [3.63, 3.8) is 0 Å². The number of rotatable bonds is 7. The maximum atomic E-state index is 12.8. The predicted octanol–water partition coefficient (Wildman–Crippen LogP) is 3.39. The summed E-state index contributed by atoms with van der Waals surface area (Å²) in [5, 5.41) is 3.72. The summed E-state index contributed by atoms with van der Waals surface area (Å²) >= 11 is 6.32. The molecule has 0 saturated carbocycles. The van der Waals surface area contributed by atoms with Crippen LogP contribution < -0.4 is 5.32 Å². The highest BCUT2D eigenvalue weighted by Crippen LogP contribution is 2.24. The molecule has 0 radical (unpaired) electrons. The molecule has 4 rings (SSSR count). The fourth-order valence-corrected chi connectivity index (χ4v) is 3.75. The number of carbonyl (C=O) groups excluding carboxylic acids is 1. The average Bonchev–Trinajstić information content (AvgIpc) is 3.30. The number of nitrogens with one attached hydrogen (secondary N) is 1. The average molecular weight is 402 g/mol. The third-order valence-electron chi connectivity index (χ3n) is 5.08. The van der Waals surface area contributed by atoms with Gasteiger partial charge in [-0.25, -0.2) is 0 Å². The number of furan rings is 1. The smallest absolute Gasteiger partial charge is 0.268 e. The van der Waals surface area contributed by atoms with E-state index in [9.17, 15) is 4.79 Å². The van der Waals surface area contributed by atoms with Gasteiger partial charge in [0.05, 0.1) is 25.0 Å². The Bertz CT molecular complexity index is 943. The Morgan fingerprint density at radius 1 is 1.18 bits per heavy atom. The topological polar surface area (TPSA) is 59.6 Å². The number of aromatic nitrogens is 1. The van der Waals surface area contributed by atoms with Crippen molar-refractivity contribution in [1.82, 2.24) is 14.8 Å². The lowest BCUT2D eigenvalue weighted by molar-refractivity contribution is 0.0374. The third-order valence-corrected chi connectivity index (χ3v) is 5.45. The molecule has 0 atom stereocenters. The lowest BCUT2D eigenvalue weighted by Gasteiger charge is -2.26. The van der Waals surface area contributed by atoms with Crippen molar-refractivity contribution in [2.45, 2.75) is 13.0 Å². The Hall–Kier alpha value is -2.28. The van der Waals surface area contributed by atoms with E-state index in [1.807, 2.05) is 34.9 Å². The van der Waals surface area contributed by atoms with Gasteiger partial charge in [0.1, 0.15) is 5.69 Å². The van der Waals surface area contributed by atoms with Gasteiger partial charge in [0.25, 0.3) is 5.91 Å². The van der Waals surface area contributed by atoms with Crippen LogP contribution in [-0.4, -0.2) is 54.8 Å². The SMILES string of the molecule is O=C(NCCCN1CCOCC1)c1cc2occc2n1Cc1ccccc1Cl. The fourth-order valence-electron chi connectivity index (χ4n) is 3.55. The van der Waals surface area contributed by atoms with Crippen molar-refractivity contribution in [1.29, 1.82) is 0 Å². The monoisotopic (exact) mass is 401 g/mol. The van der Waals surface area contributed by atoms with Crippen LogP contribution in [-0.2, 0) is 11.3 Å². The van der Waals surface area contributed by atoms with Crippen molar-refractivity contribution in [3.05, 3.63) is 58.9 Å². The molecular weight excluding hydrogens is 378 g/mol. The first-order chi connectivity index (χ1) is 13.7. The minimum atomic E-state index is -0.0968. The highest BCUT2D eigenvalue weighted by Gasteiger charge is 2.18. The van der Waals surface area contributed by atoms with E-state index in [1.54, 1.807) is 12.3 Å². The number of amides is 1. The standard InChI is InChI=1S/C21H24ClN3O3/c22-17-5-2-1-4-16(17)15-25-18-6-11-28-20(18)14-19(25)21(26)23-7-3-8-24-9-12-27-13-10-24/h1-2,4-6,11,14H,3,7-10,12-13,15H2,(H,23,26). The summed E-state index contributed by atoms with van der Waals surface area (Å²) < 4.78 is 12.8. The molecule has 1 fully saturated rings. The molecule has 6 nitrogen and oxygen atoms in total. The minimum absolute atomic E-state index is 0.0968. The Morgan fingerprint density at radius 2 is 2.00 bits per heavy atom. The maximum Gasteiger partial charge on any atom is 0.268 e. The zero-order chi connectivity index (χ0) is 19.3. The van der Waals surface area contributed by atoms with Crippen LogP contribution in [0.1, 0.15) is 22.5 Å². The zero-order valence-electron chi connectivity index (χ0n) is 15.7. The van der Waals surface area contributed by atoms with E-state index < -0.39 is 0 Å². The van der Waals surface area contributed by atoms with Gasteiger partial charge in [0.15, 0.2) is 5.58 Å². The molecule has 1 aliphatic rings. The summed E-state index contributed by atoms with van der Waals surface area (Å²) in [6.07, 6.45) is 2.55. The van der Waals surface area contributed by atoms with Gasteiger partial charge in [-0.15, -0.1) is 0 Å². The molecule has 1 amide bonds. The van der Waals surface area contributed by atoms with E-state index >= 15 is 0 Å². The molecule has 0 bridgehead atoms. The number of fused-ring (bicyclic) bond motifs is 1. The minimum Gasteiger partial charge on any atom is -0.463 e. The maximum absolute atomic E-state index is 12.8. The Balaban J connectivity index is 1.43. The van der Waals surface area contributed by atoms with Crippen LogP contribution >= 0.6 is 11.6 Å². The number of carbonyl (C=O) groups is 1. The van der Waals surface area contributed by atoms with E-state index in [4.69, 9.17) is 20.8 Å². The van der Waals surface area contributed by atoms with Gasteiger partial charge in [-0.1, -0.05) is 29.8 Å². The number of halogens is 1. The van der Waals surface area contributed by atoms with Gasteiger partial charge in [-0.3, -0.25) is 9.69 Å². The number of nitrogens with zero attached hydrogens (tertiary/aromatic N) is 2. The van der Waals surface area contributed by atoms with E-state index in [0.717, 1.165) is 50.3 Å². The quantitative estimate of drug-likeness (QED) is 0.616. The fraction of sp³-hybridized carbons (Fsp3) is 0.381. The lowest BCUT2D eigenvalue weighted by Crippen LogP contribution is -2.38. The largest absolute Gasteiger partial charge is 0.463 e. The van der Waals surface area contributed by atoms with Crippen LogP contribution in [0.15, 0.2) is 47.1 Å². The highest BCUT2D eigenvalue weighted by atomic mass is 35.5. The van der Waals surface area contributed by atoms with Crippen LogP contribution in [0.2, 0.25) is 5.02 Å². The lowest BCUT2D eigenvalue weighted by atomic mass is 10.2. The van der Waals surface area contributed by atoms with Crippen molar-refractivity contribution >= 4 is 28.6 Å². The molecule has 3 aromatic rings. The van der Waals surface area contributed by atoms with Gasteiger partial charge in [-0.05, 0) is 24.6 Å². The second-order valence-corrected chi connectivity index (χ2v) is 7.35. The summed E-state index contributed by atoms with van der Waals surface area (Å²) in [5.41, 5.74) is 3.13. The predicted molar refractivity (Wildman–Crippen MR) is 109 cm³/mol. The van der Waals surface area contributed by atoms with E-state index in [0.29, 0.717) is 29.4 Å². The first kappa shape index (κ1) is 19.1. The molecule has 0 unspecified atom stereocenters. The number of ether oxygens (including phenoxy) is 1. The molecule has 1 saturated heterocycles. The Morgan fingerprint density at radius 3 is 2.82 bits per heavy atom. The molecule has 3 heterocycles. The normalized spacial score (nSPS) is 15.2.